The highest BCUT2D eigenvalue weighted by Gasteiger charge is 2.44. The molecule has 3 N–H and O–H groups in total. The fraction of sp³-hybridized carbons (Fsp3) is 0.600. The van der Waals surface area contributed by atoms with E-state index < -0.39 is 11.1 Å². The number of carbonyl (C=O) groups excluding carboxylic acids is 1. The third-order valence-electron chi connectivity index (χ3n) is 7.29. The van der Waals surface area contributed by atoms with E-state index in [4.69, 9.17) is 15.2 Å². The van der Waals surface area contributed by atoms with E-state index in [1.165, 1.54) is 13.3 Å². The van der Waals surface area contributed by atoms with Gasteiger partial charge in [0.2, 0.25) is 0 Å². The van der Waals surface area contributed by atoms with Crippen LogP contribution in [0.3, 0.4) is 0 Å². The van der Waals surface area contributed by atoms with Gasteiger partial charge in [-0.25, -0.2) is 14.4 Å². The Labute approximate surface area is 214 Å². The Morgan fingerprint density at radius 2 is 2.05 bits per heavy atom. The highest BCUT2D eigenvalue weighted by atomic mass is 19.1. The number of halogens is 1. The Balaban J connectivity index is 1.24. The summed E-state index contributed by atoms with van der Waals surface area (Å²) in [6.07, 6.45) is 6.75. The summed E-state index contributed by atoms with van der Waals surface area (Å²) in [5, 5.41) is 12.2. The first-order valence-electron chi connectivity index (χ1n) is 12.6. The maximum Gasteiger partial charge on any atom is 0.319 e. The number of anilines is 2. The summed E-state index contributed by atoms with van der Waals surface area (Å²) in [4.78, 5) is 31.8. The molecule has 0 aromatic carbocycles. The quantitative estimate of drug-likeness (QED) is 0.514. The predicted molar refractivity (Wildman–Crippen MR) is 132 cm³/mol. The number of ether oxygens (including phenoxy) is 2. The van der Waals surface area contributed by atoms with E-state index in [0.717, 1.165) is 25.7 Å². The van der Waals surface area contributed by atoms with E-state index in [-0.39, 0.29) is 43.1 Å². The van der Waals surface area contributed by atoms with E-state index in [1.54, 1.807) is 12.3 Å². The average Bonchev–Trinajstić information content (AvgIpc) is 3.66. The number of nitrogens with zero attached hydrogens (tertiary/aromatic N) is 6. The molecule has 3 aliphatic rings. The maximum absolute atomic E-state index is 13.9. The lowest BCUT2D eigenvalue weighted by atomic mass is 9.79. The number of nitrogens with one attached hydrogen (secondary N) is 1. The van der Waals surface area contributed by atoms with Crippen molar-refractivity contribution in [1.29, 1.82) is 5.26 Å². The zero-order valence-electron chi connectivity index (χ0n) is 20.8. The lowest BCUT2D eigenvalue weighted by molar-refractivity contribution is 0.0443. The number of hydrogen-bond donors (Lipinski definition) is 2. The average molecular weight is 511 g/mol. The second-order valence-electron chi connectivity index (χ2n) is 10.6. The van der Waals surface area contributed by atoms with Gasteiger partial charge in [-0.15, -0.1) is 0 Å². The van der Waals surface area contributed by atoms with Crippen LogP contribution in [0.25, 0.3) is 0 Å². The van der Waals surface area contributed by atoms with Gasteiger partial charge in [-0.05, 0) is 38.5 Å². The van der Waals surface area contributed by atoms with Gasteiger partial charge in [0.15, 0.2) is 11.6 Å². The molecule has 11 nitrogen and oxygen atoms in total. The Morgan fingerprint density at radius 1 is 1.30 bits per heavy atom. The summed E-state index contributed by atoms with van der Waals surface area (Å²) in [5.74, 6) is 1.30. The molecule has 2 aliphatic carbocycles. The van der Waals surface area contributed by atoms with E-state index in [1.807, 2.05) is 0 Å². The zero-order valence-corrected chi connectivity index (χ0v) is 20.8. The van der Waals surface area contributed by atoms with Crippen molar-refractivity contribution in [2.45, 2.75) is 57.2 Å². The molecule has 1 saturated heterocycles. The second-order valence-corrected chi connectivity index (χ2v) is 10.6. The van der Waals surface area contributed by atoms with Crippen LogP contribution in [0, 0.1) is 22.7 Å². The molecule has 3 heterocycles. The van der Waals surface area contributed by atoms with Gasteiger partial charge in [0, 0.05) is 38.0 Å². The minimum absolute atomic E-state index is 0.0677. The number of amides is 1. The fourth-order valence-corrected chi connectivity index (χ4v) is 4.70. The number of nitrogens with two attached hydrogens (primary N) is 1. The highest BCUT2D eigenvalue weighted by molar-refractivity contribution is 5.93. The summed E-state index contributed by atoms with van der Waals surface area (Å²) in [7, 11) is 0. The molecule has 2 aromatic heterocycles. The molecule has 0 bridgehead atoms. The molecular weight excluding hydrogens is 479 g/mol. The summed E-state index contributed by atoms with van der Waals surface area (Å²) in [5.41, 5.74) is 4.25. The standard InChI is InChI=1S/C25H31FN8O3/c1-24(26)9-17(10-24)31-22(35)18-8-20(33-23(32-18)37-14-25(13-27)4-5-25)34-6-2-16(3-7-34)12-36-19-11-29-15-30-21(19)28/h8,11,15-17H,2-7,9-10,12,14H2,1H3,(H,31,35)(H2,28,29,30). The number of nitrogen functional groups attached to an aromatic ring is 1. The molecule has 0 spiro atoms. The summed E-state index contributed by atoms with van der Waals surface area (Å²) in [6.45, 7) is 3.63. The van der Waals surface area contributed by atoms with Crippen molar-refractivity contribution in [3.63, 3.8) is 0 Å². The largest absolute Gasteiger partial charge is 0.488 e. The third-order valence-corrected chi connectivity index (χ3v) is 7.29. The van der Waals surface area contributed by atoms with Crippen LogP contribution in [-0.4, -0.2) is 63.9 Å². The van der Waals surface area contributed by atoms with Crippen molar-refractivity contribution in [1.82, 2.24) is 25.3 Å². The van der Waals surface area contributed by atoms with Gasteiger partial charge in [-0.2, -0.15) is 15.2 Å². The van der Waals surface area contributed by atoms with E-state index in [2.05, 4.69) is 36.2 Å². The number of alkyl halides is 1. The number of rotatable bonds is 9. The molecule has 5 rings (SSSR count). The minimum Gasteiger partial charge on any atom is -0.488 e. The van der Waals surface area contributed by atoms with Crippen molar-refractivity contribution < 1.29 is 18.7 Å². The molecule has 0 atom stereocenters. The molecule has 0 radical (unpaired) electrons. The summed E-state index contributed by atoms with van der Waals surface area (Å²) >= 11 is 0. The van der Waals surface area contributed by atoms with Crippen LogP contribution < -0.4 is 25.4 Å². The van der Waals surface area contributed by atoms with Crippen LogP contribution in [0.2, 0.25) is 0 Å². The van der Waals surface area contributed by atoms with Crippen molar-refractivity contribution in [2.75, 3.05) is 36.9 Å². The molecule has 196 valence electrons. The number of piperidine rings is 1. The van der Waals surface area contributed by atoms with Crippen LogP contribution in [0.1, 0.15) is 55.9 Å². The second kappa shape index (κ2) is 9.95. The molecule has 2 aromatic rings. The Hall–Kier alpha value is -3.75. The summed E-state index contributed by atoms with van der Waals surface area (Å²) in [6, 6.07) is 3.77. The molecule has 2 saturated carbocycles. The van der Waals surface area contributed by atoms with Crippen molar-refractivity contribution in [3.8, 4) is 17.8 Å². The Bertz CT molecular complexity index is 1180. The van der Waals surface area contributed by atoms with Crippen LogP contribution in [0.4, 0.5) is 16.0 Å². The SMILES string of the molecule is CC1(F)CC(NC(=O)c2cc(N3CCC(COc4cncnc4N)CC3)nc(OCC3(C#N)CC3)n2)C1. The van der Waals surface area contributed by atoms with Crippen LogP contribution in [-0.2, 0) is 0 Å². The lowest BCUT2D eigenvalue weighted by Gasteiger charge is -2.38. The van der Waals surface area contributed by atoms with Gasteiger partial charge in [0.1, 0.15) is 30.1 Å². The Morgan fingerprint density at radius 3 is 2.70 bits per heavy atom. The minimum atomic E-state index is -1.24. The van der Waals surface area contributed by atoms with Gasteiger partial charge in [-0.3, -0.25) is 4.79 Å². The van der Waals surface area contributed by atoms with E-state index >= 15 is 0 Å². The first-order chi connectivity index (χ1) is 17.7. The molecule has 37 heavy (non-hydrogen) atoms. The number of aromatic nitrogens is 4. The van der Waals surface area contributed by atoms with Crippen molar-refractivity contribution in [2.24, 2.45) is 11.3 Å². The number of nitriles is 1. The third kappa shape index (κ3) is 5.98. The maximum atomic E-state index is 13.9. The van der Waals surface area contributed by atoms with Gasteiger partial charge in [0.25, 0.3) is 5.91 Å². The molecule has 3 fully saturated rings. The fourth-order valence-electron chi connectivity index (χ4n) is 4.70. The monoisotopic (exact) mass is 510 g/mol. The van der Waals surface area contributed by atoms with E-state index in [0.29, 0.717) is 43.0 Å². The normalized spacial score (nSPS) is 24.5. The van der Waals surface area contributed by atoms with E-state index in [9.17, 15) is 14.4 Å². The number of carbonyl (C=O) groups is 1. The molecule has 12 heteroatoms. The summed E-state index contributed by atoms with van der Waals surface area (Å²) < 4.78 is 25.5. The van der Waals surface area contributed by atoms with Gasteiger partial charge >= 0.3 is 6.01 Å². The van der Waals surface area contributed by atoms with Gasteiger partial charge in [-0.1, -0.05) is 0 Å². The highest BCUT2D eigenvalue weighted by Crippen LogP contribution is 2.45. The molecule has 1 amide bonds. The van der Waals surface area contributed by atoms with Crippen molar-refractivity contribution in [3.05, 3.63) is 24.3 Å². The lowest BCUT2D eigenvalue weighted by Crippen LogP contribution is -2.51. The first-order valence-corrected chi connectivity index (χ1v) is 12.6. The van der Waals surface area contributed by atoms with Gasteiger partial charge < -0.3 is 25.4 Å². The van der Waals surface area contributed by atoms with Crippen molar-refractivity contribution >= 4 is 17.5 Å². The molecule has 1 aliphatic heterocycles. The molecular formula is C25H31FN8O3. The zero-order chi connectivity index (χ0) is 26.0. The van der Waals surface area contributed by atoms with Crippen LogP contribution in [0.15, 0.2) is 18.6 Å². The molecule has 0 unspecified atom stereocenters. The first kappa shape index (κ1) is 24.9. The van der Waals surface area contributed by atoms with Gasteiger partial charge in [0.05, 0.1) is 24.3 Å². The smallest absolute Gasteiger partial charge is 0.319 e. The predicted octanol–water partition coefficient (Wildman–Crippen LogP) is 2.45. The van der Waals surface area contributed by atoms with Crippen LogP contribution in [0.5, 0.6) is 11.8 Å². The topological polar surface area (TPSA) is 152 Å². The Kier molecular flexibility index (Phi) is 6.70. The van der Waals surface area contributed by atoms with Crippen LogP contribution >= 0.6 is 0 Å². The number of hydrogen-bond acceptors (Lipinski definition) is 10.